The molecule has 1 aromatic rings. The molecule has 0 saturated carbocycles. The van der Waals surface area contributed by atoms with E-state index in [0.717, 1.165) is 0 Å². The number of rotatable bonds is 4. The Morgan fingerprint density at radius 2 is 2.45 bits per heavy atom. The molecule has 1 atom stereocenters. The van der Waals surface area contributed by atoms with Crippen molar-refractivity contribution in [3.8, 4) is 5.88 Å². The van der Waals surface area contributed by atoms with Crippen molar-refractivity contribution in [2.24, 2.45) is 0 Å². The van der Waals surface area contributed by atoms with Crippen LogP contribution in [0.3, 0.4) is 0 Å². The van der Waals surface area contributed by atoms with E-state index < -0.39 is 0 Å². The molecule has 1 saturated heterocycles. The van der Waals surface area contributed by atoms with Gasteiger partial charge in [0.2, 0.25) is 11.8 Å². The van der Waals surface area contributed by atoms with Gasteiger partial charge in [-0.15, -0.1) is 0 Å². The van der Waals surface area contributed by atoms with Crippen LogP contribution in [-0.2, 0) is 9.53 Å². The van der Waals surface area contributed by atoms with Crippen LogP contribution in [0.2, 0.25) is 0 Å². The third-order valence-electron chi connectivity index (χ3n) is 3.04. The maximum atomic E-state index is 12.0. The summed E-state index contributed by atoms with van der Waals surface area (Å²) >= 11 is 0. The molecule has 0 radical (unpaired) electrons. The first kappa shape index (κ1) is 14.3. The van der Waals surface area contributed by atoms with E-state index in [1.54, 1.807) is 24.1 Å². The van der Waals surface area contributed by atoms with E-state index in [-0.39, 0.29) is 24.5 Å². The van der Waals surface area contributed by atoms with Crippen molar-refractivity contribution >= 4 is 11.8 Å². The molecule has 2 amide bonds. The van der Waals surface area contributed by atoms with Crippen molar-refractivity contribution in [1.29, 1.82) is 0 Å². The number of aromatic nitrogens is 1. The average Bonchev–Trinajstić information content (AvgIpc) is 2.48. The van der Waals surface area contributed by atoms with Crippen LogP contribution in [0, 0.1) is 0 Å². The van der Waals surface area contributed by atoms with Crippen LogP contribution in [0.4, 0.5) is 0 Å². The maximum Gasteiger partial charge on any atom is 0.251 e. The number of nitrogens with zero attached hydrogens (tertiary/aromatic N) is 2. The fourth-order valence-electron chi connectivity index (χ4n) is 1.85. The molecule has 108 valence electrons. The van der Waals surface area contributed by atoms with Gasteiger partial charge in [0.15, 0.2) is 0 Å². The van der Waals surface area contributed by atoms with Crippen LogP contribution >= 0.6 is 0 Å². The number of hydrogen-bond donors (Lipinski definition) is 1. The van der Waals surface area contributed by atoms with Crippen LogP contribution < -0.4 is 10.1 Å². The lowest BCUT2D eigenvalue weighted by molar-refractivity contribution is -0.146. The van der Waals surface area contributed by atoms with Gasteiger partial charge < -0.3 is 19.7 Å². The molecular formula is C13H17N3O4. The maximum absolute atomic E-state index is 12.0. The average molecular weight is 279 g/mol. The van der Waals surface area contributed by atoms with E-state index in [2.05, 4.69) is 10.3 Å². The Balaban J connectivity index is 1.87. The second kappa shape index (κ2) is 6.33. The van der Waals surface area contributed by atoms with E-state index >= 15 is 0 Å². The Morgan fingerprint density at radius 3 is 3.15 bits per heavy atom. The second-order valence-electron chi connectivity index (χ2n) is 4.50. The van der Waals surface area contributed by atoms with Crippen molar-refractivity contribution in [3.63, 3.8) is 0 Å². The van der Waals surface area contributed by atoms with Gasteiger partial charge in [-0.3, -0.25) is 9.59 Å². The number of ether oxygens (including phenoxy) is 2. The summed E-state index contributed by atoms with van der Waals surface area (Å²) in [5, 5.41) is 2.77. The monoisotopic (exact) mass is 279 g/mol. The zero-order valence-corrected chi connectivity index (χ0v) is 11.5. The van der Waals surface area contributed by atoms with Gasteiger partial charge in [-0.05, 0) is 6.07 Å². The Labute approximate surface area is 116 Å². The fourth-order valence-corrected chi connectivity index (χ4v) is 1.85. The van der Waals surface area contributed by atoms with Crippen molar-refractivity contribution in [3.05, 3.63) is 23.9 Å². The van der Waals surface area contributed by atoms with Crippen LogP contribution in [0.15, 0.2) is 18.3 Å². The highest BCUT2D eigenvalue weighted by atomic mass is 16.5. The van der Waals surface area contributed by atoms with Gasteiger partial charge in [0.1, 0.15) is 6.61 Å². The smallest absolute Gasteiger partial charge is 0.251 e. The van der Waals surface area contributed by atoms with Gasteiger partial charge in [-0.2, -0.15) is 0 Å². The van der Waals surface area contributed by atoms with Gasteiger partial charge in [-0.1, -0.05) is 0 Å². The van der Waals surface area contributed by atoms with Crippen LogP contribution in [0.5, 0.6) is 5.88 Å². The third kappa shape index (κ3) is 3.45. The number of pyridine rings is 1. The van der Waals surface area contributed by atoms with E-state index in [1.165, 1.54) is 13.3 Å². The van der Waals surface area contributed by atoms with E-state index in [0.29, 0.717) is 24.5 Å². The first-order valence-electron chi connectivity index (χ1n) is 6.24. The lowest BCUT2D eigenvalue weighted by Crippen LogP contribution is -2.48. The predicted octanol–water partition coefficient (Wildman–Crippen LogP) is -0.323. The number of carbonyl (C=O) groups is 2. The molecule has 1 aliphatic rings. The molecular weight excluding hydrogens is 262 g/mol. The lowest BCUT2D eigenvalue weighted by Gasteiger charge is -2.29. The second-order valence-corrected chi connectivity index (χ2v) is 4.50. The quantitative estimate of drug-likeness (QED) is 0.817. The van der Waals surface area contributed by atoms with E-state index in [9.17, 15) is 9.59 Å². The molecule has 0 aromatic carbocycles. The zero-order chi connectivity index (χ0) is 14.5. The molecule has 2 rings (SSSR count). The number of morpholine rings is 1. The van der Waals surface area contributed by atoms with Gasteiger partial charge in [0.25, 0.3) is 5.91 Å². The topological polar surface area (TPSA) is 80.8 Å². The fraction of sp³-hybridized carbons (Fsp3) is 0.462. The molecule has 0 spiro atoms. The highest BCUT2D eigenvalue weighted by molar-refractivity contribution is 5.94. The van der Waals surface area contributed by atoms with Crippen LogP contribution in [0.25, 0.3) is 0 Å². The lowest BCUT2D eigenvalue weighted by atomic mass is 10.2. The van der Waals surface area contributed by atoms with Crippen molar-refractivity contribution in [2.45, 2.75) is 6.10 Å². The highest BCUT2D eigenvalue weighted by Gasteiger charge is 2.23. The number of amides is 2. The molecule has 0 unspecified atom stereocenters. The highest BCUT2D eigenvalue weighted by Crippen LogP contribution is 2.09. The number of likely N-dealkylation sites (N-methyl/N-ethyl adjacent to an activating group) is 1. The first-order valence-corrected chi connectivity index (χ1v) is 6.24. The summed E-state index contributed by atoms with van der Waals surface area (Å²) in [5.41, 5.74) is 0.470. The van der Waals surface area contributed by atoms with E-state index in [1.807, 2.05) is 0 Å². The van der Waals surface area contributed by atoms with Gasteiger partial charge in [0, 0.05) is 38.0 Å². The summed E-state index contributed by atoms with van der Waals surface area (Å²) in [5.74, 6) is 0.109. The minimum atomic E-state index is -0.228. The van der Waals surface area contributed by atoms with E-state index in [4.69, 9.17) is 9.47 Å². The Morgan fingerprint density at radius 1 is 1.65 bits per heavy atom. The number of hydrogen-bond acceptors (Lipinski definition) is 5. The van der Waals surface area contributed by atoms with Crippen LogP contribution in [-0.4, -0.2) is 61.7 Å². The third-order valence-corrected chi connectivity index (χ3v) is 3.04. The Bertz CT molecular complexity index is 506. The number of methoxy groups -OCH3 is 1. The summed E-state index contributed by atoms with van der Waals surface area (Å²) in [6.07, 6.45) is 1.32. The summed E-state index contributed by atoms with van der Waals surface area (Å²) in [7, 11) is 3.21. The molecule has 1 N–H and O–H groups in total. The Kier molecular flexibility index (Phi) is 4.52. The van der Waals surface area contributed by atoms with Crippen molar-refractivity contribution < 1.29 is 19.1 Å². The molecule has 7 heteroatoms. The molecule has 0 aliphatic carbocycles. The zero-order valence-electron chi connectivity index (χ0n) is 11.5. The molecule has 20 heavy (non-hydrogen) atoms. The van der Waals surface area contributed by atoms with Crippen molar-refractivity contribution in [2.75, 3.05) is 33.9 Å². The molecule has 1 fully saturated rings. The van der Waals surface area contributed by atoms with Crippen molar-refractivity contribution in [1.82, 2.24) is 15.2 Å². The molecule has 0 bridgehead atoms. The number of carbonyl (C=O) groups excluding carboxylic acids is 2. The SMILES string of the molecule is COc1cc(C(=O)NC[C@H]2CN(C)C(=O)CO2)ccn1. The largest absolute Gasteiger partial charge is 0.481 e. The van der Waals surface area contributed by atoms with Gasteiger partial charge in [-0.25, -0.2) is 4.98 Å². The summed E-state index contributed by atoms with van der Waals surface area (Å²) in [4.78, 5) is 28.8. The minimum absolute atomic E-state index is 0.0496. The summed E-state index contributed by atoms with van der Waals surface area (Å²) < 4.78 is 10.3. The molecule has 1 aliphatic heterocycles. The molecule has 7 nitrogen and oxygen atoms in total. The summed E-state index contributed by atoms with van der Waals surface area (Å²) in [6.45, 7) is 0.875. The standard InChI is InChI=1S/C13H17N3O4/c1-16-7-10(20-8-12(16)17)6-15-13(18)9-3-4-14-11(5-9)19-2/h3-5,10H,6-8H2,1-2H3,(H,15,18)/t10-/m0/s1. The summed E-state index contributed by atoms with van der Waals surface area (Å²) in [6, 6.07) is 3.17. The Hall–Kier alpha value is -2.15. The van der Waals surface area contributed by atoms with Crippen LogP contribution in [0.1, 0.15) is 10.4 Å². The predicted molar refractivity (Wildman–Crippen MR) is 70.5 cm³/mol. The first-order chi connectivity index (χ1) is 9.60. The molecule has 2 heterocycles. The van der Waals surface area contributed by atoms with Gasteiger partial charge >= 0.3 is 0 Å². The molecule has 1 aromatic heterocycles. The number of nitrogens with one attached hydrogen (secondary N) is 1. The minimum Gasteiger partial charge on any atom is -0.481 e. The normalized spacial score (nSPS) is 18.8. The van der Waals surface area contributed by atoms with Gasteiger partial charge in [0.05, 0.1) is 13.2 Å².